The minimum atomic E-state index is 0. The molecule has 7 heavy (non-hydrogen) atoms. The van der Waals surface area contributed by atoms with Gasteiger partial charge in [-0.1, -0.05) is 0 Å². The summed E-state index contributed by atoms with van der Waals surface area (Å²) >= 11 is 0. The summed E-state index contributed by atoms with van der Waals surface area (Å²) in [6, 6.07) is 0. The molecule has 0 aromatic heterocycles. The summed E-state index contributed by atoms with van der Waals surface area (Å²) < 4.78 is 0. The Kier molecular flexibility index (Phi) is 651000. The van der Waals surface area contributed by atoms with E-state index >= 15 is 0 Å². The van der Waals surface area contributed by atoms with Crippen LogP contribution in [0.2, 0.25) is 0 Å². The van der Waals surface area contributed by atoms with Crippen molar-refractivity contribution in [2.24, 2.45) is 0 Å². The molecule has 7 nitrogen and oxygen atoms in total. The van der Waals surface area contributed by atoms with Crippen LogP contribution >= 0.6 is 0 Å². The molecule has 56 valence electrons. The van der Waals surface area contributed by atoms with E-state index in [0.717, 1.165) is 0 Å². The molecule has 7 heteroatoms. The van der Waals surface area contributed by atoms with Gasteiger partial charge in [-0.15, -0.1) is 0 Å². The van der Waals surface area contributed by atoms with E-state index in [0.29, 0.717) is 0 Å². The van der Waals surface area contributed by atoms with Crippen LogP contribution in [0.15, 0.2) is 0 Å². The highest BCUT2D eigenvalue weighted by molar-refractivity contribution is 2.14. The second-order valence-corrected chi connectivity index (χ2v) is 0. The fraction of sp³-hybridized carbons (Fsp3) is 0. The Morgan fingerprint density at radius 2 is 0.286 bits per heavy atom. The van der Waals surface area contributed by atoms with E-state index in [1.807, 2.05) is 0 Å². The zero-order valence-corrected chi connectivity index (χ0v) is 4.74. The van der Waals surface area contributed by atoms with Gasteiger partial charge < -0.3 is 42.4 Å². The average molecular weight is 120 g/mol. The molecule has 0 rings (SSSR count). The lowest BCUT2D eigenvalue weighted by molar-refractivity contribution is 0.824. The van der Waals surface area contributed by atoms with Crippen LogP contribution in [0.4, 0.5) is 0 Å². The molecule has 0 aliphatic rings. The Morgan fingerprint density at radius 3 is 0.286 bits per heavy atom. The van der Waals surface area contributed by atoms with Crippen molar-refractivity contribution < 1.29 is 5.48 Å². The molecular formula is H20N6O. The molecule has 0 spiro atoms. The molecule has 0 amide bonds. The first-order chi connectivity index (χ1) is 0. The molecule has 0 saturated carbocycles. The number of hydrogen-bond donors (Lipinski definition) is 6. The van der Waals surface area contributed by atoms with Gasteiger partial charge >= 0.3 is 0 Å². The highest BCUT2D eigenvalue weighted by Crippen LogP contribution is -0.289. The smallest absolute Gasteiger partial charge is 0.344 e. The minimum Gasteiger partial charge on any atom is -0.412 e. The van der Waals surface area contributed by atoms with Crippen LogP contribution < -0.4 is 36.9 Å². The minimum absolute atomic E-state index is 0. The monoisotopic (exact) mass is 120 g/mol. The van der Waals surface area contributed by atoms with Crippen molar-refractivity contribution in [2.75, 3.05) is 0 Å². The van der Waals surface area contributed by atoms with Gasteiger partial charge in [0, 0.05) is 0 Å². The summed E-state index contributed by atoms with van der Waals surface area (Å²) in [5.74, 6) is 0. The van der Waals surface area contributed by atoms with E-state index in [1.54, 1.807) is 0 Å². The van der Waals surface area contributed by atoms with Crippen LogP contribution in [0.1, 0.15) is 0 Å². The van der Waals surface area contributed by atoms with E-state index in [1.165, 1.54) is 0 Å². The van der Waals surface area contributed by atoms with Crippen molar-refractivity contribution in [2.45, 2.75) is 0 Å². The fourth-order valence-electron chi connectivity index (χ4n) is 0. The first-order valence-corrected chi connectivity index (χ1v) is 0. The van der Waals surface area contributed by atoms with Crippen molar-refractivity contribution in [3.8, 4) is 0 Å². The van der Waals surface area contributed by atoms with Crippen LogP contribution in [-0.2, 0) is 0 Å². The second kappa shape index (κ2) is 1630. The van der Waals surface area contributed by atoms with Gasteiger partial charge in [0.15, 0.2) is 0 Å². The van der Waals surface area contributed by atoms with Gasteiger partial charge in [-0.2, -0.15) is 0 Å². The van der Waals surface area contributed by atoms with E-state index in [2.05, 4.69) is 0 Å². The molecule has 0 bridgehead atoms. The summed E-state index contributed by atoms with van der Waals surface area (Å²) in [5.41, 5.74) is 0. The summed E-state index contributed by atoms with van der Waals surface area (Å²) in [7, 11) is 0. The van der Waals surface area contributed by atoms with E-state index < -0.39 is 0 Å². The summed E-state index contributed by atoms with van der Waals surface area (Å²) in [4.78, 5) is 0. The lowest BCUT2D eigenvalue weighted by Crippen LogP contribution is -0.482. The maximum absolute atomic E-state index is 0. The van der Waals surface area contributed by atoms with Crippen LogP contribution in [-0.4, -0.2) is 5.48 Å². The highest BCUT2D eigenvalue weighted by Gasteiger charge is -0.339. The molecule has 0 radical (unpaired) electrons. The molecule has 0 heterocycles. The van der Waals surface area contributed by atoms with Crippen molar-refractivity contribution in [1.29, 1.82) is 0 Å². The Morgan fingerprint density at radius 1 is 0.286 bits per heavy atom. The van der Waals surface area contributed by atoms with Gasteiger partial charge in [-0.05, 0) is 0 Å². The van der Waals surface area contributed by atoms with Crippen molar-refractivity contribution >= 4 is 0 Å². The zero-order valence-electron chi connectivity index (χ0n) is 4.74. The largest absolute Gasteiger partial charge is 0.412 e. The zero-order chi connectivity index (χ0) is 0. The SMILES string of the molecule is N.N.N.N.N.N.O. The van der Waals surface area contributed by atoms with Gasteiger partial charge in [0.05, 0.1) is 0 Å². The van der Waals surface area contributed by atoms with Crippen LogP contribution in [0.25, 0.3) is 0 Å². The first kappa shape index (κ1) is 2800. The summed E-state index contributed by atoms with van der Waals surface area (Å²) in [5, 5.41) is 0. The number of hydrogen-bond acceptors (Lipinski definition) is 6. The van der Waals surface area contributed by atoms with Crippen molar-refractivity contribution in [3.63, 3.8) is 0 Å². The lowest BCUT2D eigenvalue weighted by Gasteiger charge is -0.412. The normalized spacial score (nSPS) is 0. The third kappa shape index (κ3) is 1010. The first-order valence-electron chi connectivity index (χ1n) is 0. The van der Waals surface area contributed by atoms with Crippen LogP contribution in [0, 0.1) is 0 Å². The molecule has 0 aliphatic heterocycles. The van der Waals surface area contributed by atoms with Crippen molar-refractivity contribution in [1.82, 2.24) is 36.9 Å². The molecule has 0 aromatic rings. The molecule has 0 aromatic carbocycles. The third-order valence-corrected chi connectivity index (χ3v) is 0. The van der Waals surface area contributed by atoms with Crippen LogP contribution in [0.5, 0.6) is 0 Å². The van der Waals surface area contributed by atoms with Gasteiger partial charge in [-0.25, -0.2) is 0 Å². The third-order valence-electron chi connectivity index (χ3n) is 0. The molecule has 0 atom stereocenters. The lowest BCUT2D eigenvalue weighted by atomic mass is 14.0. The van der Waals surface area contributed by atoms with Crippen molar-refractivity contribution in [3.05, 3.63) is 0 Å². The maximum Gasteiger partial charge on any atom is -0.344 e. The second-order valence-electron chi connectivity index (χ2n) is 0. The van der Waals surface area contributed by atoms with E-state index in [4.69, 9.17) is 0 Å². The predicted octanol–water partition coefficient (Wildman–Crippen LogP) is 0.147. The Hall–Kier alpha value is -0.280. The standard InChI is InChI=1S/6H3N.H2O/h6*1H3;1H2. The molecule has 20 N–H and O–H groups in total. The average Bonchev–Trinajstić information content (AvgIpc) is 0. The Balaban J connectivity index is 0. The highest BCUT2D eigenvalue weighted by atomic mass is 16.0. The predicted molar refractivity (Wildman–Crippen MR) is 33.7 cm³/mol. The van der Waals surface area contributed by atoms with Crippen LogP contribution in [0.3, 0.4) is 0 Å². The van der Waals surface area contributed by atoms with Gasteiger partial charge in [0.2, 0.25) is 0 Å². The van der Waals surface area contributed by atoms with Gasteiger partial charge in [0.25, 0.3) is 0 Å². The molecule has 0 fully saturated rings. The summed E-state index contributed by atoms with van der Waals surface area (Å²) in [6.45, 7) is 0. The van der Waals surface area contributed by atoms with E-state index in [-0.39, 0.29) is 42.4 Å². The quantitative estimate of drug-likeness (QED) is 0.259. The van der Waals surface area contributed by atoms with Gasteiger partial charge in [0.1, 0.15) is 0 Å². The molecule has 0 saturated heterocycles. The summed E-state index contributed by atoms with van der Waals surface area (Å²) in [6.07, 6.45) is 0. The molecule has 0 aliphatic carbocycles. The maximum atomic E-state index is 0. The van der Waals surface area contributed by atoms with E-state index in [9.17, 15) is 0 Å². The molecular weight excluding hydrogens is 100 g/mol. The van der Waals surface area contributed by atoms with Gasteiger partial charge in [-0.3, -0.25) is 0 Å². The Bertz CT molecular complexity index is 4.14. The number of rotatable bonds is 0. The molecule has 0 unspecified atom stereocenters. The Labute approximate surface area is 43.7 Å². The topological polar surface area (TPSA) is 242 Å². The fourth-order valence-corrected chi connectivity index (χ4v) is 0.